The zero-order valence-electron chi connectivity index (χ0n) is 19.1. The third-order valence-corrected chi connectivity index (χ3v) is 7.68. The molecule has 182 valence electrons. The molecule has 4 rings (SSSR count). The van der Waals surface area contributed by atoms with Crippen molar-refractivity contribution in [3.63, 3.8) is 0 Å². The largest absolute Gasteiger partial charge is 0.455 e. The fraction of sp³-hybridized carbons (Fsp3) is 0.348. The van der Waals surface area contributed by atoms with E-state index in [2.05, 4.69) is 5.32 Å². The van der Waals surface area contributed by atoms with E-state index in [1.165, 1.54) is 41.9 Å². The van der Waals surface area contributed by atoms with Crippen molar-refractivity contribution in [3.8, 4) is 11.3 Å². The average Bonchev–Trinajstić information content (AvgIpc) is 3.06. The maximum Gasteiger partial charge on any atom is 0.255 e. The Morgan fingerprint density at radius 1 is 1.26 bits per heavy atom. The van der Waals surface area contributed by atoms with Gasteiger partial charge in [0.2, 0.25) is 10.0 Å². The van der Waals surface area contributed by atoms with Gasteiger partial charge in [0.15, 0.2) is 0 Å². The fourth-order valence-electron chi connectivity index (χ4n) is 4.20. The highest BCUT2D eigenvalue weighted by Gasteiger charge is 2.34. The van der Waals surface area contributed by atoms with Gasteiger partial charge in [-0.2, -0.15) is 0 Å². The monoisotopic (exact) mass is 508 g/mol. The highest BCUT2D eigenvalue weighted by Crippen LogP contribution is 2.42. The van der Waals surface area contributed by atoms with Gasteiger partial charge < -0.3 is 14.5 Å². The van der Waals surface area contributed by atoms with Crippen molar-refractivity contribution in [3.05, 3.63) is 53.3 Å². The lowest BCUT2D eigenvalue weighted by Crippen LogP contribution is -2.38. The third-order valence-electron chi connectivity index (χ3n) is 5.69. The Labute approximate surface area is 199 Å². The molecule has 1 aliphatic rings. The molecule has 11 heteroatoms. The van der Waals surface area contributed by atoms with Crippen LogP contribution in [-0.2, 0) is 25.6 Å². The van der Waals surface area contributed by atoms with Crippen LogP contribution < -0.4 is 9.62 Å². The second-order valence-electron chi connectivity index (χ2n) is 8.23. The first-order valence-corrected chi connectivity index (χ1v) is 14.1. The van der Waals surface area contributed by atoms with Gasteiger partial charge >= 0.3 is 0 Å². The molecule has 0 spiro atoms. The molecule has 0 fully saturated rings. The number of hydrogen-bond donors (Lipinski definition) is 1. The number of fused-ring (bicyclic) bond motifs is 2. The van der Waals surface area contributed by atoms with Gasteiger partial charge in [0.05, 0.1) is 42.0 Å². The van der Waals surface area contributed by atoms with Gasteiger partial charge in [-0.25, -0.2) is 12.8 Å². The molecular weight excluding hydrogens is 483 g/mol. The van der Waals surface area contributed by atoms with Crippen LogP contribution in [0.25, 0.3) is 22.3 Å². The highest BCUT2D eigenvalue weighted by atomic mass is 32.2. The van der Waals surface area contributed by atoms with Crippen molar-refractivity contribution >= 4 is 43.4 Å². The molecule has 2 heterocycles. The summed E-state index contributed by atoms with van der Waals surface area (Å²) in [7, 11) is -3.41. The molecule has 2 aromatic carbocycles. The smallest absolute Gasteiger partial charge is 0.255 e. The Hall–Kier alpha value is -2.76. The first-order valence-electron chi connectivity index (χ1n) is 10.5. The maximum absolute atomic E-state index is 13.5. The van der Waals surface area contributed by atoms with Gasteiger partial charge in [-0.05, 0) is 37.3 Å². The van der Waals surface area contributed by atoms with Crippen LogP contribution in [0.3, 0.4) is 0 Å². The Bertz CT molecular complexity index is 1380. The summed E-state index contributed by atoms with van der Waals surface area (Å²) in [6.07, 6.45) is 1.51. The molecule has 1 amide bonds. The zero-order chi connectivity index (χ0) is 24.8. The topological polar surface area (TPSA) is 106 Å². The maximum atomic E-state index is 13.5. The highest BCUT2D eigenvalue weighted by molar-refractivity contribution is 7.92. The zero-order valence-corrected chi connectivity index (χ0v) is 20.8. The van der Waals surface area contributed by atoms with E-state index in [0.29, 0.717) is 27.8 Å². The molecule has 0 unspecified atom stereocenters. The van der Waals surface area contributed by atoms with E-state index >= 15 is 0 Å². The molecule has 0 saturated heterocycles. The minimum absolute atomic E-state index is 0.00487. The SMILES string of the molecule is CNC(=O)c1c(-c2ccc(F)cc2)oc2cc3c(cc12)[C@H](C)O[C@H](C[S@](C)=O)CN3S(C)(=O)=O. The predicted molar refractivity (Wildman–Crippen MR) is 129 cm³/mol. The number of carbonyl (C=O) groups is 1. The predicted octanol–water partition coefficient (Wildman–Crippen LogP) is 3.20. The molecule has 1 aromatic heterocycles. The van der Waals surface area contributed by atoms with Crippen molar-refractivity contribution in [1.82, 2.24) is 5.32 Å². The van der Waals surface area contributed by atoms with E-state index in [1.54, 1.807) is 19.1 Å². The van der Waals surface area contributed by atoms with Crippen LogP contribution in [-0.4, -0.2) is 56.5 Å². The van der Waals surface area contributed by atoms with Gasteiger partial charge in [0, 0.05) is 46.7 Å². The number of carbonyl (C=O) groups excluding carboxylic acids is 1. The number of nitrogens with one attached hydrogen (secondary N) is 1. The van der Waals surface area contributed by atoms with Gasteiger partial charge in [-0.3, -0.25) is 13.3 Å². The lowest BCUT2D eigenvalue weighted by molar-refractivity contribution is 0.0197. The number of hydrogen-bond acceptors (Lipinski definition) is 6. The molecule has 1 aliphatic heterocycles. The number of anilines is 1. The number of amides is 1. The van der Waals surface area contributed by atoms with Crippen molar-refractivity contribution in [2.24, 2.45) is 0 Å². The van der Waals surface area contributed by atoms with E-state index in [9.17, 15) is 21.8 Å². The summed E-state index contributed by atoms with van der Waals surface area (Å²) in [6, 6.07) is 8.83. The van der Waals surface area contributed by atoms with E-state index in [1.807, 2.05) is 0 Å². The third kappa shape index (κ3) is 4.59. The molecule has 3 aromatic rings. The Kier molecular flexibility index (Phi) is 6.54. The van der Waals surface area contributed by atoms with Crippen molar-refractivity contribution < 1.29 is 31.0 Å². The Morgan fingerprint density at radius 2 is 1.94 bits per heavy atom. The molecule has 8 nitrogen and oxygen atoms in total. The second-order valence-corrected chi connectivity index (χ2v) is 11.6. The van der Waals surface area contributed by atoms with E-state index in [-0.39, 0.29) is 23.6 Å². The summed E-state index contributed by atoms with van der Waals surface area (Å²) in [5, 5.41) is 3.07. The Morgan fingerprint density at radius 3 is 2.53 bits per heavy atom. The molecule has 0 bridgehead atoms. The summed E-state index contributed by atoms with van der Waals surface area (Å²) in [4.78, 5) is 12.8. The lowest BCUT2D eigenvalue weighted by atomic mass is 10.0. The van der Waals surface area contributed by atoms with E-state index < -0.39 is 44.8 Å². The molecule has 1 N–H and O–H groups in total. The van der Waals surface area contributed by atoms with Crippen LogP contribution in [0.1, 0.15) is 28.9 Å². The molecule has 0 radical (unpaired) electrons. The molecular formula is C23H25FN2O6S2. The average molecular weight is 509 g/mol. The normalized spacial score (nSPS) is 19.5. The number of halogens is 1. The number of nitrogens with zero attached hydrogens (tertiary/aromatic N) is 1. The van der Waals surface area contributed by atoms with Gasteiger partial charge in [0.1, 0.15) is 17.2 Å². The quantitative estimate of drug-likeness (QED) is 0.567. The molecule has 3 atom stereocenters. The fourth-order valence-corrected chi connectivity index (χ4v) is 5.86. The van der Waals surface area contributed by atoms with Gasteiger partial charge in [-0.15, -0.1) is 0 Å². The van der Waals surface area contributed by atoms with E-state index in [0.717, 1.165) is 6.26 Å². The minimum Gasteiger partial charge on any atom is -0.455 e. The van der Waals surface area contributed by atoms with E-state index in [4.69, 9.17) is 9.15 Å². The molecule has 0 aliphatic carbocycles. The number of rotatable bonds is 5. The van der Waals surface area contributed by atoms with Crippen LogP contribution in [0.4, 0.5) is 10.1 Å². The summed E-state index contributed by atoms with van der Waals surface area (Å²) in [5.74, 6) is -0.406. The minimum atomic E-state index is -3.71. The second kappa shape index (κ2) is 9.12. The summed E-state index contributed by atoms with van der Waals surface area (Å²) < 4.78 is 64.1. The van der Waals surface area contributed by atoms with Crippen LogP contribution in [0, 0.1) is 5.82 Å². The summed E-state index contributed by atoms with van der Waals surface area (Å²) >= 11 is 0. The number of ether oxygens (including phenoxy) is 1. The number of furan rings is 1. The van der Waals surface area contributed by atoms with Crippen molar-refractivity contribution in [1.29, 1.82) is 0 Å². The van der Waals surface area contributed by atoms with Crippen LogP contribution in [0.2, 0.25) is 0 Å². The molecule has 34 heavy (non-hydrogen) atoms. The first kappa shape index (κ1) is 24.4. The van der Waals surface area contributed by atoms with Crippen molar-refractivity contribution in [2.75, 3.05) is 36.2 Å². The standard InChI is InChI=1S/C23H25FN2O6S2/c1-13-17-9-18-20(10-19(17)26(34(4,29)30)11-16(31-13)12-33(3)28)32-22(21(18)23(27)25-2)14-5-7-15(24)8-6-14/h5-10,13,16H,11-12H2,1-4H3,(H,25,27)/t13-,16-,33-/m0/s1. The van der Waals surface area contributed by atoms with Crippen LogP contribution in [0.15, 0.2) is 40.8 Å². The van der Waals surface area contributed by atoms with Gasteiger partial charge in [0.25, 0.3) is 5.91 Å². The summed E-state index contributed by atoms with van der Waals surface area (Å²) in [6.45, 7) is 1.78. The van der Waals surface area contributed by atoms with Crippen molar-refractivity contribution in [2.45, 2.75) is 19.1 Å². The van der Waals surface area contributed by atoms with Gasteiger partial charge in [-0.1, -0.05) is 0 Å². The number of sulfonamides is 1. The molecule has 0 saturated carbocycles. The van der Waals surface area contributed by atoms with Crippen LogP contribution in [0.5, 0.6) is 0 Å². The first-order chi connectivity index (χ1) is 16.0. The lowest BCUT2D eigenvalue weighted by Gasteiger charge is -2.24. The van der Waals surface area contributed by atoms with Crippen LogP contribution >= 0.6 is 0 Å². The summed E-state index contributed by atoms with van der Waals surface area (Å²) in [5.41, 5.74) is 1.98. The number of benzene rings is 2. The Balaban J connectivity index is 1.97.